The minimum absolute atomic E-state index is 0. The third-order valence-corrected chi connectivity index (χ3v) is 4.44. The molecule has 0 spiro atoms. The Morgan fingerprint density at radius 1 is 1.10 bits per heavy atom. The maximum atomic E-state index is 12.4. The summed E-state index contributed by atoms with van der Waals surface area (Å²) in [6.45, 7) is 11.0. The maximum absolute atomic E-state index is 12.4. The number of carbonyl (C=O) groups excluding carboxylic acids is 1. The van der Waals surface area contributed by atoms with Crippen LogP contribution in [0.3, 0.4) is 0 Å². The molecule has 166 valence electrons. The van der Waals surface area contributed by atoms with Crippen molar-refractivity contribution in [3.8, 4) is 0 Å². The van der Waals surface area contributed by atoms with E-state index in [2.05, 4.69) is 29.1 Å². The lowest BCUT2D eigenvalue weighted by Crippen LogP contribution is -2.53. The molecule has 1 aromatic rings. The van der Waals surface area contributed by atoms with Gasteiger partial charge in [-0.25, -0.2) is 0 Å². The minimum atomic E-state index is -0.0545. The molecule has 1 aromatic heterocycles. The molecule has 29 heavy (non-hydrogen) atoms. The Balaban J connectivity index is 0.00000420. The Labute approximate surface area is 191 Å². The molecule has 1 fully saturated rings. The van der Waals surface area contributed by atoms with Crippen molar-refractivity contribution in [1.29, 1.82) is 0 Å². The average molecular weight is 522 g/mol. The predicted octanol–water partition coefficient (Wildman–Crippen LogP) is 2.45. The average Bonchev–Trinajstić information content (AvgIpc) is 3.26. The summed E-state index contributed by atoms with van der Waals surface area (Å²) in [6.07, 6.45) is 3.77. The van der Waals surface area contributed by atoms with E-state index in [0.717, 1.165) is 45.0 Å². The molecule has 0 aliphatic carbocycles. The second kappa shape index (κ2) is 15.5. The van der Waals surface area contributed by atoms with Gasteiger partial charge in [0.2, 0.25) is 0 Å². The lowest BCUT2D eigenvalue weighted by molar-refractivity contribution is 0.0496. The largest absolute Gasteiger partial charge is 0.459 e. The number of nitrogens with zero attached hydrogens (tertiary/aromatic N) is 3. The zero-order chi connectivity index (χ0) is 20.0. The van der Waals surface area contributed by atoms with Crippen LogP contribution in [-0.4, -0.2) is 87.4 Å². The number of furan rings is 1. The number of carbonyl (C=O) groups is 1. The van der Waals surface area contributed by atoms with Gasteiger partial charge < -0.3 is 29.0 Å². The first-order chi connectivity index (χ1) is 13.8. The first kappa shape index (κ1) is 25.7. The molecule has 0 saturated carbocycles. The number of hydrogen-bond donors (Lipinski definition) is 1. The molecule has 1 aliphatic heterocycles. The Hall–Kier alpha value is -1.33. The second-order valence-electron chi connectivity index (χ2n) is 6.57. The molecule has 9 heteroatoms. The van der Waals surface area contributed by atoms with Gasteiger partial charge in [-0.2, -0.15) is 0 Å². The Morgan fingerprint density at radius 2 is 1.79 bits per heavy atom. The smallest absolute Gasteiger partial charge is 0.289 e. The van der Waals surface area contributed by atoms with Crippen LogP contribution >= 0.6 is 24.0 Å². The quantitative estimate of drug-likeness (QED) is 0.208. The van der Waals surface area contributed by atoms with Crippen molar-refractivity contribution in [2.24, 2.45) is 4.99 Å². The van der Waals surface area contributed by atoms with Crippen LogP contribution in [0.2, 0.25) is 0 Å². The molecule has 2 heterocycles. The fraction of sp³-hybridized carbons (Fsp3) is 0.700. The summed E-state index contributed by atoms with van der Waals surface area (Å²) in [5.74, 6) is 1.21. The van der Waals surface area contributed by atoms with E-state index in [1.165, 1.54) is 6.26 Å². The van der Waals surface area contributed by atoms with Crippen LogP contribution < -0.4 is 5.32 Å². The molecule has 0 radical (unpaired) electrons. The third kappa shape index (κ3) is 9.35. The topological polar surface area (TPSA) is 79.5 Å². The zero-order valence-corrected chi connectivity index (χ0v) is 19.9. The lowest BCUT2D eigenvalue weighted by atomic mass is 10.3. The van der Waals surface area contributed by atoms with Crippen molar-refractivity contribution in [3.05, 3.63) is 24.2 Å². The highest BCUT2D eigenvalue weighted by Gasteiger charge is 2.25. The summed E-state index contributed by atoms with van der Waals surface area (Å²) in [5, 5.41) is 3.32. The molecule has 0 bridgehead atoms. The molecule has 1 amide bonds. The monoisotopic (exact) mass is 522 g/mol. The number of ether oxygens (including phenoxy) is 2. The first-order valence-electron chi connectivity index (χ1n) is 10.3. The molecule has 1 N–H and O–H groups in total. The summed E-state index contributed by atoms with van der Waals surface area (Å²) in [5.41, 5.74) is 0. The van der Waals surface area contributed by atoms with Gasteiger partial charge in [0, 0.05) is 39.3 Å². The summed E-state index contributed by atoms with van der Waals surface area (Å²) >= 11 is 0. The number of guanidine groups is 1. The Bertz CT molecular complexity index is 575. The number of halogens is 1. The van der Waals surface area contributed by atoms with Gasteiger partial charge in [-0.15, -0.1) is 24.0 Å². The van der Waals surface area contributed by atoms with Crippen LogP contribution in [0.5, 0.6) is 0 Å². The second-order valence-corrected chi connectivity index (χ2v) is 6.57. The number of aliphatic imine (C=N–C) groups is 1. The van der Waals surface area contributed by atoms with E-state index in [1.807, 2.05) is 4.90 Å². The van der Waals surface area contributed by atoms with Crippen LogP contribution in [0.4, 0.5) is 0 Å². The van der Waals surface area contributed by atoms with Gasteiger partial charge in [0.15, 0.2) is 11.7 Å². The first-order valence-corrected chi connectivity index (χ1v) is 10.3. The fourth-order valence-electron chi connectivity index (χ4n) is 2.89. The molecule has 0 atom stereocenters. The molecular weight excluding hydrogens is 487 g/mol. The fourth-order valence-corrected chi connectivity index (χ4v) is 2.89. The number of piperazine rings is 1. The lowest BCUT2D eigenvalue weighted by Gasteiger charge is -2.36. The number of hydrogen-bond acceptors (Lipinski definition) is 5. The van der Waals surface area contributed by atoms with E-state index in [4.69, 9.17) is 13.9 Å². The van der Waals surface area contributed by atoms with Gasteiger partial charge in [0.05, 0.1) is 32.6 Å². The Morgan fingerprint density at radius 3 is 2.41 bits per heavy atom. The van der Waals surface area contributed by atoms with Crippen LogP contribution in [0.25, 0.3) is 0 Å². The van der Waals surface area contributed by atoms with E-state index in [-0.39, 0.29) is 29.9 Å². The number of nitrogens with one attached hydrogen (secondary N) is 1. The van der Waals surface area contributed by atoms with Crippen molar-refractivity contribution in [1.82, 2.24) is 15.1 Å². The van der Waals surface area contributed by atoms with Crippen molar-refractivity contribution in [3.63, 3.8) is 0 Å². The van der Waals surface area contributed by atoms with Gasteiger partial charge in [-0.3, -0.25) is 9.79 Å². The van der Waals surface area contributed by atoms with Gasteiger partial charge in [0.1, 0.15) is 0 Å². The molecule has 8 nitrogen and oxygen atoms in total. The minimum Gasteiger partial charge on any atom is -0.459 e. The summed E-state index contributed by atoms with van der Waals surface area (Å²) < 4.78 is 16.3. The SMILES string of the molecule is CCCCOCCOCCN=C(NCC)N1CCN(C(=O)c2ccco2)CC1.I. The maximum Gasteiger partial charge on any atom is 0.289 e. The van der Waals surface area contributed by atoms with Crippen molar-refractivity contribution in [2.45, 2.75) is 26.7 Å². The normalized spacial score (nSPS) is 14.6. The zero-order valence-electron chi connectivity index (χ0n) is 17.6. The molecule has 1 saturated heterocycles. The van der Waals surface area contributed by atoms with Crippen molar-refractivity contribution in [2.75, 3.05) is 65.7 Å². The highest BCUT2D eigenvalue weighted by molar-refractivity contribution is 14.0. The van der Waals surface area contributed by atoms with Crippen molar-refractivity contribution >= 4 is 35.8 Å². The predicted molar refractivity (Wildman–Crippen MR) is 124 cm³/mol. The van der Waals surface area contributed by atoms with Crippen LogP contribution in [0.1, 0.15) is 37.2 Å². The number of unbranched alkanes of at least 4 members (excludes halogenated alkanes) is 1. The summed E-state index contributed by atoms with van der Waals surface area (Å²) in [6, 6.07) is 3.44. The van der Waals surface area contributed by atoms with Gasteiger partial charge >= 0.3 is 0 Å². The molecule has 1 aliphatic rings. The van der Waals surface area contributed by atoms with E-state index in [9.17, 15) is 4.79 Å². The van der Waals surface area contributed by atoms with E-state index in [1.54, 1.807) is 12.1 Å². The van der Waals surface area contributed by atoms with Crippen molar-refractivity contribution < 1.29 is 18.7 Å². The van der Waals surface area contributed by atoms with Crippen LogP contribution in [0.15, 0.2) is 27.8 Å². The van der Waals surface area contributed by atoms with Crippen LogP contribution in [-0.2, 0) is 9.47 Å². The highest BCUT2D eigenvalue weighted by atomic mass is 127. The summed E-state index contributed by atoms with van der Waals surface area (Å²) in [4.78, 5) is 21.0. The van der Waals surface area contributed by atoms with Gasteiger partial charge in [0.25, 0.3) is 5.91 Å². The standard InChI is InChI=1S/C20H34N4O4.HI/c1-3-5-13-26-16-17-27-15-8-22-20(21-4-2)24-11-9-23(10-12-24)19(25)18-7-6-14-28-18;/h6-7,14H,3-5,8-13,15-17H2,1-2H3,(H,21,22);1H. The number of amides is 1. The summed E-state index contributed by atoms with van der Waals surface area (Å²) in [7, 11) is 0. The molecular formula is C20H35IN4O4. The molecule has 0 unspecified atom stereocenters. The number of rotatable bonds is 11. The van der Waals surface area contributed by atoms with Gasteiger partial charge in [-0.1, -0.05) is 13.3 Å². The van der Waals surface area contributed by atoms with Gasteiger partial charge in [-0.05, 0) is 25.5 Å². The molecule has 0 aromatic carbocycles. The van der Waals surface area contributed by atoms with Crippen LogP contribution in [0, 0.1) is 0 Å². The van der Waals surface area contributed by atoms with E-state index in [0.29, 0.717) is 45.2 Å². The third-order valence-electron chi connectivity index (χ3n) is 4.44. The molecule has 2 rings (SSSR count). The Kier molecular flexibility index (Phi) is 13.7. The van der Waals surface area contributed by atoms with E-state index >= 15 is 0 Å². The van der Waals surface area contributed by atoms with E-state index < -0.39 is 0 Å². The highest BCUT2D eigenvalue weighted by Crippen LogP contribution is 2.09.